The van der Waals surface area contributed by atoms with Crippen LogP contribution in [0.5, 0.6) is 0 Å². The lowest BCUT2D eigenvalue weighted by Crippen LogP contribution is -2.17. The number of hydrogen-bond acceptors (Lipinski definition) is 4. The Bertz CT molecular complexity index is 283. The molecular weight excluding hydrogens is 246 g/mol. The van der Waals surface area contributed by atoms with Crippen LogP contribution in [-0.4, -0.2) is 20.8 Å². The molecule has 0 saturated carbocycles. The lowest BCUT2D eigenvalue weighted by atomic mass is 10.1. The second-order valence-electron chi connectivity index (χ2n) is 3.34. The third-order valence-electron chi connectivity index (χ3n) is 1.62. The van der Waals surface area contributed by atoms with Crippen molar-refractivity contribution in [1.82, 2.24) is 0 Å². The summed E-state index contributed by atoms with van der Waals surface area (Å²) in [6.07, 6.45) is -0.153. The topological polar surface area (TPSA) is 113 Å². The van der Waals surface area contributed by atoms with Crippen LogP contribution >= 0.6 is 15.6 Å². The van der Waals surface area contributed by atoms with Gasteiger partial charge in [0.25, 0.3) is 0 Å². The maximum absolute atomic E-state index is 11.1. The molecule has 2 atom stereocenters. The van der Waals surface area contributed by atoms with Crippen LogP contribution in [0.25, 0.3) is 0 Å². The van der Waals surface area contributed by atoms with Crippen molar-refractivity contribution in [2.24, 2.45) is 5.92 Å². The second-order valence-corrected chi connectivity index (χ2v) is 6.12. The first kappa shape index (κ1) is 15.3. The minimum atomic E-state index is -5.02. The summed E-state index contributed by atoms with van der Waals surface area (Å²) < 4.78 is 29.8. The Hall–Kier alpha value is 0.260. The van der Waals surface area contributed by atoms with Crippen molar-refractivity contribution in [2.45, 2.75) is 33.3 Å². The van der Waals surface area contributed by atoms with E-state index in [1.54, 1.807) is 20.8 Å². The van der Waals surface area contributed by atoms with Crippen LogP contribution in [0.15, 0.2) is 0 Å². The Morgan fingerprint density at radius 2 is 1.67 bits per heavy atom. The summed E-state index contributed by atoms with van der Waals surface area (Å²) in [5.74, 6) is -0.0594. The first-order valence-electron chi connectivity index (χ1n) is 4.35. The quantitative estimate of drug-likeness (QED) is 0.623. The summed E-state index contributed by atoms with van der Waals surface area (Å²) in [5, 5.41) is 0. The molecule has 0 fully saturated rings. The molecular formula is C6H16O7P2. The van der Waals surface area contributed by atoms with Crippen LogP contribution < -0.4 is 0 Å². The third kappa shape index (κ3) is 7.19. The van der Waals surface area contributed by atoms with E-state index in [-0.39, 0.29) is 5.92 Å². The van der Waals surface area contributed by atoms with Crippen molar-refractivity contribution in [1.29, 1.82) is 0 Å². The molecule has 0 aromatic heterocycles. The Kier molecular flexibility index (Phi) is 5.64. The van der Waals surface area contributed by atoms with Gasteiger partial charge >= 0.3 is 15.6 Å². The first-order valence-corrected chi connectivity index (χ1v) is 7.38. The van der Waals surface area contributed by atoms with Gasteiger partial charge in [0.2, 0.25) is 0 Å². The van der Waals surface area contributed by atoms with E-state index < -0.39 is 21.7 Å². The first-order chi connectivity index (χ1) is 6.57. The van der Waals surface area contributed by atoms with E-state index in [0.29, 0.717) is 6.42 Å². The largest absolute Gasteiger partial charge is 0.481 e. The molecule has 0 bridgehead atoms. The summed E-state index contributed by atoms with van der Waals surface area (Å²) >= 11 is 0. The van der Waals surface area contributed by atoms with Gasteiger partial charge in [-0.2, -0.15) is 4.31 Å². The maximum Gasteiger partial charge on any atom is 0.481 e. The average molecular weight is 262 g/mol. The van der Waals surface area contributed by atoms with Gasteiger partial charge in [0.05, 0.1) is 6.10 Å². The number of hydrogen-bond donors (Lipinski definition) is 3. The molecule has 9 heteroatoms. The summed E-state index contributed by atoms with van der Waals surface area (Å²) in [6, 6.07) is 0. The fraction of sp³-hybridized carbons (Fsp3) is 1.00. The Morgan fingerprint density at radius 3 is 1.93 bits per heavy atom. The molecule has 0 saturated heterocycles. The van der Waals surface area contributed by atoms with Crippen LogP contribution in [-0.2, 0) is 18.0 Å². The number of phosphoric ester groups is 1. The summed E-state index contributed by atoms with van der Waals surface area (Å²) in [5.41, 5.74) is 0. The molecule has 0 rings (SSSR count). The van der Waals surface area contributed by atoms with Gasteiger partial charge in [0, 0.05) is 0 Å². The highest BCUT2D eigenvalue weighted by molar-refractivity contribution is 7.60. The van der Waals surface area contributed by atoms with Crippen molar-refractivity contribution >= 4 is 15.6 Å². The molecule has 92 valence electrons. The Morgan fingerprint density at radius 1 is 1.20 bits per heavy atom. The molecule has 0 radical (unpaired) electrons. The van der Waals surface area contributed by atoms with Gasteiger partial charge in [-0.05, 0) is 12.3 Å². The van der Waals surface area contributed by atoms with Crippen LogP contribution in [0.3, 0.4) is 0 Å². The molecule has 0 aromatic rings. The highest BCUT2D eigenvalue weighted by atomic mass is 31.3. The molecule has 0 aliphatic heterocycles. The van der Waals surface area contributed by atoms with Crippen LogP contribution in [0.1, 0.15) is 27.2 Å². The SMILES string of the molecule is CCC(OP(=O)(O)OP(=O)(O)O)C(C)C. The third-order valence-corrected chi connectivity index (χ3v) is 3.84. The van der Waals surface area contributed by atoms with Gasteiger partial charge in [-0.25, -0.2) is 9.13 Å². The zero-order valence-corrected chi connectivity index (χ0v) is 10.5. The lowest BCUT2D eigenvalue weighted by Gasteiger charge is -2.22. The summed E-state index contributed by atoms with van der Waals surface area (Å²) in [4.78, 5) is 25.7. The zero-order chi connectivity index (χ0) is 12.3. The molecule has 0 aromatic carbocycles. The highest BCUT2D eigenvalue weighted by Gasteiger charge is 2.35. The zero-order valence-electron chi connectivity index (χ0n) is 8.73. The normalized spacial score (nSPS) is 18.9. The fourth-order valence-electron chi connectivity index (χ4n) is 0.992. The standard InChI is InChI=1S/C6H16O7P2/c1-4-6(5(2)3)12-15(10,11)13-14(7,8)9/h5-6H,4H2,1-3H3,(H,10,11)(H2,7,8,9). The lowest BCUT2D eigenvalue weighted by molar-refractivity contribution is 0.0940. The van der Waals surface area contributed by atoms with Crippen LogP contribution in [0.2, 0.25) is 0 Å². The molecule has 0 aliphatic rings. The maximum atomic E-state index is 11.1. The minimum absolute atomic E-state index is 0.0594. The summed E-state index contributed by atoms with van der Waals surface area (Å²) in [7, 11) is -9.73. The average Bonchev–Trinajstić information content (AvgIpc) is 1.94. The van der Waals surface area contributed by atoms with Crippen molar-refractivity contribution in [3.05, 3.63) is 0 Å². The molecule has 2 unspecified atom stereocenters. The van der Waals surface area contributed by atoms with Gasteiger partial charge in [-0.1, -0.05) is 20.8 Å². The number of rotatable bonds is 6. The summed E-state index contributed by atoms with van der Waals surface area (Å²) in [6.45, 7) is 5.24. The van der Waals surface area contributed by atoms with Gasteiger partial charge in [0.1, 0.15) is 0 Å². The Balaban J connectivity index is 4.49. The van der Waals surface area contributed by atoms with Gasteiger partial charge in [0.15, 0.2) is 0 Å². The molecule has 0 heterocycles. The highest BCUT2D eigenvalue weighted by Crippen LogP contribution is 2.58. The number of phosphoric acid groups is 2. The molecule has 0 aliphatic carbocycles. The van der Waals surface area contributed by atoms with E-state index in [9.17, 15) is 9.13 Å². The predicted molar refractivity (Wildman–Crippen MR) is 53.0 cm³/mol. The Labute approximate surface area is 88.3 Å². The van der Waals surface area contributed by atoms with Crippen molar-refractivity contribution in [2.75, 3.05) is 0 Å². The smallest absolute Gasteiger partial charge is 0.302 e. The van der Waals surface area contributed by atoms with E-state index in [2.05, 4.69) is 8.83 Å². The fourth-order valence-corrected chi connectivity index (χ4v) is 2.96. The van der Waals surface area contributed by atoms with Crippen LogP contribution in [0, 0.1) is 5.92 Å². The van der Waals surface area contributed by atoms with Gasteiger partial charge in [-0.15, -0.1) is 0 Å². The second kappa shape index (κ2) is 5.55. The molecule has 3 N–H and O–H groups in total. The molecule has 7 nitrogen and oxygen atoms in total. The van der Waals surface area contributed by atoms with Crippen molar-refractivity contribution < 1.29 is 32.6 Å². The van der Waals surface area contributed by atoms with E-state index >= 15 is 0 Å². The molecule has 15 heavy (non-hydrogen) atoms. The van der Waals surface area contributed by atoms with Crippen LogP contribution in [0.4, 0.5) is 0 Å². The van der Waals surface area contributed by atoms with Crippen molar-refractivity contribution in [3.63, 3.8) is 0 Å². The van der Waals surface area contributed by atoms with Gasteiger partial charge < -0.3 is 14.7 Å². The van der Waals surface area contributed by atoms with Gasteiger partial charge in [-0.3, -0.25) is 4.52 Å². The predicted octanol–water partition coefficient (Wildman–Crippen LogP) is 1.65. The van der Waals surface area contributed by atoms with E-state index in [1.807, 2.05) is 0 Å². The molecule has 0 amide bonds. The molecule has 0 spiro atoms. The van der Waals surface area contributed by atoms with E-state index in [1.165, 1.54) is 0 Å². The van der Waals surface area contributed by atoms with E-state index in [0.717, 1.165) is 0 Å². The van der Waals surface area contributed by atoms with Crippen molar-refractivity contribution in [3.8, 4) is 0 Å². The minimum Gasteiger partial charge on any atom is -0.302 e. The van der Waals surface area contributed by atoms with E-state index in [4.69, 9.17) is 14.7 Å². The monoisotopic (exact) mass is 262 g/mol.